The molecule has 2 amide bonds. The fourth-order valence-corrected chi connectivity index (χ4v) is 2.38. The van der Waals surface area contributed by atoms with Gasteiger partial charge in [0.15, 0.2) is 0 Å². The van der Waals surface area contributed by atoms with Gasteiger partial charge in [-0.15, -0.1) is 0 Å². The molecule has 128 valence electrons. The minimum Gasteiger partial charge on any atom is -0.366 e. The SMILES string of the molecule is NC(=O)c1ccc(C#CCNC(=O)c2ccc(-n3cccc3)cc2)cc1. The first-order valence-corrected chi connectivity index (χ1v) is 8.04. The van der Waals surface area contributed by atoms with Gasteiger partial charge in [-0.1, -0.05) is 11.8 Å². The summed E-state index contributed by atoms with van der Waals surface area (Å²) >= 11 is 0. The Morgan fingerprint density at radius 3 is 2.15 bits per heavy atom. The topological polar surface area (TPSA) is 77.1 Å². The van der Waals surface area contributed by atoms with Gasteiger partial charge in [0.1, 0.15) is 0 Å². The Hall–Kier alpha value is -3.78. The van der Waals surface area contributed by atoms with Crippen molar-refractivity contribution in [3.63, 3.8) is 0 Å². The first kappa shape index (κ1) is 17.1. The highest BCUT2D eigenvalue weighted by atomic mass is 16.2. The largest absolute Gasteiger partial charge is 0.366 e. The molecule has 3 rings (SSSR count). The molecule has 1 aromatic heterocycles. The fourth-order valence-electron chi connectivity index (χ4n) is 2.38. The number of rotatable bonds is 4. The van der Waals surface area contributed by atoms with E-state index in [0.717, 1.165) is 11.3 Å². The third kappa shape index (κ3) is 4.19. The average Bonchev–Trinajstić information content (AvgIpc) is 3.20. The molecule has 3 aromatic rings. The van der Waals surface area contributed by atoms with E-state index in [1.54, 1.807) is 36.4 Å². The number of primary amides is 1. The Kier molecular flexibility index (Phi) is 5.16. The second kappa shape index (κ2) is 7.86. The minimum absolute atomic E-state index is 0.178. The van der Waals surface area contributed by atoms with Crippen LogP contribution in [0.1, 0.15) is 26.3 Å². The van der Waals surface area contributed by atoms with E-state index in [4.69, 9.17) is 5.73 Å². The van der Waals surface area contributed by atoms with E-state index in [1.165, 1.54) is 0 Å². The summed E-state index contributed by atoms with van der Waals surface area (Å²) in [5, 5.41) is 2.76. The summed E-state index contributed by atoms with van der Waals surface area (Å²) < 4.78 is 1.97. The Labute approximate surface area is 151 Å². The van der Waals surface area contributed by atoms with Crippen molar-refractivity contribution in [1.29, 1.82) is 0 Å². The van der Waals surface area contributed by atoms with Crippen molar-refractivity contribution < 1.29 is 9.59 Å². The quantitative estimate of drug-likeness (QED) is 0.714. The molecule has 0 saturated carbocycles. The molecule has 5 heteroatoms. The van der Waals surface area contributed by atoms with Gasteiger partial charge in [-0.25, -0.2) is 0 Å². The number of nitrogens with zero attached hydrogens (tertiary/aromatic N) is 1. The molecule has 0 fully saturated rings. The third-order valence-corrected chi connectivity index (χ3v) is 3.77. The smallest absolute Gasteiger partial charge is 0.252 e. The maximum Gasteiger partial charge on any atom is 0.252 e. The monoisotopic (exact) mass is 343 g/mol. The average molecular weight is 343 g/mol. The van der Waals surface area contributed by atoms with Crippen LogP contribution >= 0.6 is 0 Å². The molecule has 0 spiro atoms. The molecule has 26 heavy (non-hydrogen) atoms. The molecule has 0 saturated heterocycles. The van der Waals surface area contributed by atoms with E-state index in [9.17, 15) is 9.59 Å². The van der Waals surface area contributed by atoms with Gasteiger partial charge in [-0.2, -0.15) is 0 Å². The molecule has 0 aliphatic rings. The molecule has 0 bridgehead atoms. The maximum absolute atomic E-state index is 12.1. The van der Waals surface area contributed by atoms with Crippen LogP contribution in [-0.2, 0) is 0 Å². The van der Waals surface area contributed by atoms with Gasteiger partial charge in [0.05, 0.1) is 6.54 Å². The van der Waals surface area contributed by atoms with Crippen LogP contribution in [0.3, 0.4) is 0 Å². The Morgan fingerprint density at radius 1 is 0.923 bits per heavy atom. The molecule has 5 nitrogen and oxygen atoms in total. The van der Waals surface area contributed by atoms with E-state index in [1.807, 2.05) is 41.2 Å². The zero-order valence-electron chi connectivity index (χ0n) is 14.0. The number of carbonyl (C=O) groups is 2. The summed E-state index contributed by atoms with van der Waals surface area (Å²) in [6.45, 7) is 0.232. The third-order valence-electron chi connectivity index (χ3n) is 3.77. The van der Waals surface area contributed by atoms with Crippen LogP contribution in [0.4, 0.5) is 0 Å². The van der Waals surface area contributed by atoms with Gasteiger partial charge in [0, 0.05) is 34.8 Å². The standard InChI is InChI=1S/C21H17N3O2/c22-20(25)17-7-5-16(6-8-17)4-3-13-23-21(26)18-9-11-19(12-10-18)24-14-1-2-15-24/h1-2,5-12,14-15H,13H2,(H2,22,25)(H,23,26). The second-order valence-corrected chi connectivity index (χ2v) is 5.56. The van der Waals surface area contributed by atoms with Crippen molar-refractivity contribution >= 4 is 11.8 Å². The number of benzene rings is 2. The molecule has 2 aromatic carbocycles. The Balaban J connectivity index is 1.55. The molecule has 0 aliphatic heterocycles. The van der Waals surface area contributed by atoms with Crippen molar-refractivity contribution in [2.75, 3.05) is 6.54 Å². The predicted octanol–water partition coefficient (Wildman–Crippen LogP) is 2.36. The van der Waals surface area contributed by atoms with Gasteiger partial charge < -0.3 is 15.6 Å². The number of nitrogens with one attached hydrogen (secondary N) is 1. The van der Waals surface area contributed by atoms with Gasteiger partial charge >= 0.3 is 0 Å². The second-order valence-electron chi connectivity index (χ2n) is 5.56. The minimum atomic E-state index is -0.473. The van der Waals surface area contributed by atoms with Crippen LogP contribution in [0.15, 0.2) is 73.1 Å². The lowest BCUT2D eigenvalue weighted by Crippen LogP contribution is -2.23. The van der Waals surface area contributed by atoms with Crippen molar-refractivity contribution in [2.24, 2.45) is 5.73 Å². The van der Waals surface area contributed by atoms with Gasteiger partial charge in [0.25, 0.3) is 5.91 Å². The van der Waals surface area contributed by atoms with Crippen LogP contribution in [0.2, 0.25) is 0 Å². The summed E-state index contributed by atoms with van der Waals surface area (Å²) in [5.41, 5.74) is 7.94. The molecule has 0 atom stereocenters. The molecule has 1 heterocycles. The zero-order chi connectivity index (χ0) is 18.4. The summed E-state index contributed by atoms with van der Waals surface area (Å²) in [6, 6.07) is 17.9. The lowest BCUT2D eigenvalue weighted by atomic mass is 10.1. The lowest BCUT2D eigenvalue weighted by molar-refractivity contribution is 0.0957. The van der Waals surface area contributed by atoms with Crippen LogP contribution < -0.4 is 11.1 Å². The van der Waals surface area contributed by atoms with E-state index >= 15 is 0 Å². The highest BCUT2D eigenvalue weighted by Crippen LogP contribution is 2.10. The van der Waals surface area contributed by atoms with Crippen LogP contribution in [0.25, 0.3) is 5.69 Å². The molecule has 3 N–H and O–H groups in total. The lowest BCUT2D eigenvalue weighted by Gasteiger charge is -2.05. The van der Waals surface area contributed by atoms with Crippen LogP contribution in [-0.4, -0.2) is 22.9 Å². The normalized spacial score (nSPS) is 9.85. The van der Waals surface area contributed by atoms with Gasteiger partial charge in [0.2, 0.25) is 5.91 Å². The molecule has 0 aliphatic carbocycles. The number of amides is 2. The number of carbonyl (C=O) groups excluding carboxylic acids is 2. The van der Waals surface area contributed by atoms with Gasteiger partial charge in [-0.05, 0) is 60.7 Å². The first-order valence-electron chi connectivity index (χ1n) is 8.04. The first-order chi connectivity index (χ1) is 12.6. The van der Waals surface area contributed by atoms with Crippen molar-refractivity contribution in [2.45, 2.75) is 0 Å². The summed E-state index contributed by atoms with van der Waals surface area (Å²) in [6.07, 6.45) is 3.89. The van der Waals surface area contributed by atoms with E-state index < -0.39 is 5.91 Å². The number of aromatic nitrogens is 1. The molecule has 0 radical (unpaired) electrons. The maximum atomic E-state index is 12.1. The number of nitrogens with two attached hydrogens (primary N) is 1. The summed E-state index contributed by atoms with van der Waals surface area (Å²) in [4.78, 5) is 23.1. The molecule has 0 unspecified atom stereocenters. The highest BCUT2D eigenvalue weighted by molar-refractivity contribution is 5.94. The summed E-state index contributed by atoms with van der Waals surface area (Å²) in [5.74, 6) is 5.16. The Bertz CT molecular complexity index is 961. The Morgan fingerprint density at radius 2 is 1.54 bits per heavy atom. The van der Waals surface area contributed by atoms with Gasteiger partial charge in [-0.3, -0.25) is 9.59 Å². The number of hydrogen-bond acceptors (Lipinski definition) is 2. The van der Waals surface area contributed by atoms with E-state index in [2.05, 4.69) is 17.2 Å². The molecular weight excluding hydrogens is 326 g/mol. The van der Waals surface area contributed by atoms with E-state index in [-0.39, 0.29) is 12.5 Å². The highest BCUT2D eigenvalue weighted by Gasteiger charge is 2.04. The van der Waals surface area contributed by atoms with Crippen molar-refractivity contribution in [3.8, 4) is 17.5 Å². The fraction of sp³-hybridized carbons (Fsp3) is 0.0476. The van der Waals surface area contributed by atoms with Crippen molar-refractivity contribution in [1.82, 2.24) is 9.88 Å². The van der Waals surface area contributed by atoms with E-state index in [0.29, 0.717) is 11.1 Å². The predicted molar refractivity (Wildman–Crippen MR) is 99.9 cm³/mol. The van der Waals surface area contributed by atoms with Crippen LogP contribution in [0, 0.1) is 11.8 Å². The zero-order valence-corrected chi connectivity index (χ0v) is 14.0. The number of hydrogen-bond donors (Lipinski definition) is 2. The molecular formula is C21H17N3O2. The van der Waals surface area contributed by atoms with Crippen LogP contribution in [0.5, 0.6) is 0 Å². The summed E-state index contributed by atoms with van der Waals surface area (Å²) in [7, 11) is 0. The van der Waals surface area contributed by atoms with Crippen molar-refractivity contribution in [3.05, 3.63) is 89.7 Å².